The van der Waals surface area contributed by atoms with Gasteiger partial charge in [-0.1, -0.05) is 25.2 Å². The van der Waals surface area contributed by atoms with Crippen LogP contribution in [0.3, 0.4) is 0 Å². The summed E-state index contributed by atoms with van der Waals surface area (Å²) in [6, 6.07) is 2.21. The fourth-order valence-electron chi connectivity index (χ4n) is 2.76. The molecule has 1 N–H and O–H groups in total. The number of thiophene rings is 1. The molecule has 110 valence electrons. The fraction of sp³-hybridized carbons (Fsp3) is 0.647. The molecule has 1 aliphatic heterocycles. The third-order valence-corrected chi connectivity index (χ3v) is 4.94. The van der Waals surface area contributed by atoms with Gasteiger partial charge >= 0.3 is 0 Å². The predicted octanol–water partition coefficient (Wildman–Crippen LogP) is 3.49. The van der Waals surface area contributed by atoms with Crippen molar-refractivity contribution >= 4 is 11.3 Å². The molecule has 1 atom stereocenters. The number of aliphatic hydroxyl groups is 1. The van der Waals surface area contributed by atoms with E-state index in [9.17, 15) is 0 Å². The van der Waals surface area contributed by atoms with Gasteiger partial charge in [0.15, 0.2) is 0 Å². The second kappa shape index (κ2) is 8.46. The normalized spacial score (nSPS) is 20.2. The van der Waals surface area contributed by atoms with E-state index in [-0.39, 0.29) is 6.61 Å². The molecule has 0 aromatic carbocycles. The summed E-state index contributed by atoms with van der Waals surface area (Å²) in [5.74, 6) is 7.03. The first-order valence-electron chi connectivity index (χ1n) is 7.71. The molecule has 2 nitrogen and oxygen atoms in total. The largest absolute Gasteiger partial charge is 0.395 e. The number of aliphatic hydroxyl groups excluding tert-OH is 1. The quantitative estimate of drug-likeness (QED) is 0.858. The zero-order valence-electron chi connectivity index (χ0n) is 12.4. The van der Waals surface area contributed by atoms with E-state index in [1.165, 1.54) is 43.6 Å². The molecule has 1 fully saturated rings. The number of likely N-dealkylation sites (tertiary alicyclic amines) is 1. The van der Waals surface area contributed by atoms with Gasteiger partial charge in [-0.05, 0) is 44.3 Å². The van der Waals surface area contributed by atoms with Gasteiger partial charge in [0.2, 0.25) is 0 Å². The van der Waals surface area contributed by atoms with Gasteiger partial charge in [0.05, 0.1) is 6.61 Å². The Morgan fingerprint density at radius 1 is 1.40 bits per heavy atom. The lowest BCUT2D eigenvalue weighted by atomic mass is 9.98. The Balaban J connectivity index is 1.86. The van der Waals surface area contributed by atoms with Crippen molar-refractivity contribution in [3.05, 3.63) is 21.9 Å². The monoisotopic (exact) mass is 291 g/mol. The Labute approximate surface area is 126 Å². The van der Waals surface area contributed by atoms with Crippen molar-refractivity contribution in [2.45, 2.75) is 45.6 Å². The highest BCUT2D eigenvalue weighted by Gasteiger charge is 2.16. The van der Waals surface area contributed by atoms with Crippen molar-refractivity contribution in [2.24, 2.45) is 5.92 Å². The summed E-state index contributed by atoms with van der Waals surface area (Å²) in [5, 5.41) is 10.9. The maximum Gasteiger partial charge on any atom is 0.0540 e. The van der Waals surface area contributed by atoms with Crippen LogP contribution >= 0.6 is 11.3 Å². The number of hydrogen-bond acceptors (Lipinski definition) is 3. The minimum atomic E-state index is 0.149. The topological polar surface area (TPSA) is 23.5 Å². The maximum absolute atomic E-state index is 8.73. The molecule has 1 aliphatic rings. The highest BCUT2D eigenvalue weighted by molar-refractivity contribution is 7.10. The lowest BCUT2D eigenvalue weighted by Crippen LogP contribution is -2.23. The highest BCUT2D eigenvalue weighted by atomic mass is 32.1. The maximum atomic E-state index is 8.73. The standard InChI is InChI=1S/C17H25NOS/c1-2-15-7-5-9-18(10-8-15)13-17-12-16(14-20-17)6-3-4-11-19/h12,14-15,19H,2,4-5,7-11,13H2,1H3. The minimum absolute atomic E-state index is 0.149. The summed E-state index contributed by atoms with van der Waals surface area (Å²) in [4.78, 5) is 4.00. The Morgan fingerprint density at radius 2 is 2.30 bits per heavy atom. The van der Waals surface area contributed by atoms with Crippen molar-refractivity contribution in [1.29, 1.82) is 0 Å². The van der Waals surface area contributed by atoms with Crippen LogP contribution in [0, 0.1) is 17.8 Å². The molecule has 1 saturated heterocycles. The van der Waals surface area contributed by atoms with Crippen molar-refractivity contribution in [3.63, 3.8) is 0 Å². The lowest BCUT2D eigenvalue weighted by molar-refractivity contribution is 0.274. The van der Waals surface area contributed by atoms with E-state index in [1.807, 2.05) is 11.3 Å². The van der Waals surface area contributed by atoms with Crippen molar-refractivity contribution < 1.29 is 5.11 Å². The fourth-order valence-corrected chi connectivity index (χ4v) is 3.62. The van der Waals surface area contributed by atoms with Gasteiger partial charge in [0.25, 0.3) is 0 Å². The third kappa shape index (κ3) is 4.94. The zero-order valence-corrected chi connectivity index (χ0v) is 13.2. The van der Waals surface area contributed by atoms with E-state index in [1.54, 1.807) is 0 Å². The number of nitrogens with zero attached hydrogens (tertiary/aromatic N) is 1. The second-order valence-corrected chi connectivity index (χ2v) is 6.55. The average molecular weight is 291 g/mol. The molecular formula is C17H25NOS. The van der Waals surface area contributed by atoms with E-state index in [4.69, 9.17) is 5.11 Å². The molecule has 20 heavy (non-hydrogen) atoms. The highest BCUT2D eigenvalue weighted by Crippen LogP contribution is 2.23. The molecule has 2 rings (SSSR count). The summed E-state index contributed by atoms with van der Waals surface area (Å²) < 4.78 is 0. The van der Waals surface area contributed by atoms with Gasteiger partial charge in [-0.2, -0.15) is 0 Å². The van der Waals surface area contributed by atoms with Gasteiger partial charge in [0, 0.05) is 28.8 Å². The van der Waals surface area contributed by atoms with Crippen LogP contribution in [0.2, 0.25) is 0 Å². The summed E-state index contributed by atoms with van der Waals surface area (Å²) in [5.41, 5.74) is 1.10. The molecule has 3 heteroatoms. The summed E-state index contributed by atoms with van der Waals surface area (Å²) in [6.07, 6.45) is 5.99. The first-order chi connectivity index (χ1) is 9.81. The van der Waals surface area contributed by atoms with Crippen LogP contribution in [0.15, 0.2) is 11.4 Å². The van der Waals surface area contributed by atoms with Gasteiger partial charge in [0.1, 0.15) is 0 Å². The van der Waals surface area contributed by atoms with Gasteiger partial charge in [-0.25, -0.2) is 0 Å². The SMILES string of the molecule is CCC1CCCN(Cc2cc(C#CCCO)cs2)CC1. The predicted molar refractivity (Wildman–Crippen MR) is 85.8 cm³/mol. The van der Waals surface area contributed by atoms with E-state index in [0.29, 0.717) is 6.42 Å². The summed E-state index contributed by atoms with van der Waals surface area (Å²) in [6.45, 7) is 6.01. The Bertz CT molecular complexity index is 457. The second-order valence-electron chi connectivity index (χ2n) is 5.56. The molecule has 0 spiro atoms. The van der Waals surface area contributed by atoms with E-state index in [0.717, 1.165) is 18.0 Å². The molecule has 0 bridgehead atoms. The molecular weight excluding hydrogens is 266 g/mol. The van der Waals surface area contributed by atoms with Gasteiger partial charge < -0.3 is 5.11 Å². The van der Waals surface area contributed by atoms with Crippen molar-refractivity contribution in [3.8, 4) is 11.8 Å². The average Bonchev–Trinajstić information content (AvgIpc) is 2.77. The molecule has 0 amide bonds. The Hall–Kier alpha value is -0.820. The van der Waals surface area contributed by atoms with Crippen LogP contribution in [0.4, 0.5) is 0 Å². The third-order valence-electron chi connectivity index (χ3n) is 4.02. The van der Waals surface area contributed by atoms with Crippen LogP contribution in [-0.4, -0.2) is 29.7 Å². The Morgan fingerprint density at radius 3 is 3.10 bits per heavy atom. The van der Waals surface area contributed by atoms with Crippen LogP contribution in [0.25, 0.3) is 0 Å². The lowest BCUT2D eigenvalue weighted by Gasteiger charge is -2.18. The minimum Gasteiger partial charge on any atom is -0.395 e. The first kappa shape index (κ1) is 15.6. The van der Waals surface area contributed by atoms with Crippen LogP contribution in [0.1, 0.15) is 49.5 Å². The van der Waals surface area contributed by atoms with Crippen molar-refractivity contribution in [1.82, 2.24) is 4.90 Å². The van der Waals surface area contributed by atoms with Crippen LogP contribution in [0.5, 0.6) is 0 Å². The van der Waals surface area contributed by atoms with Crippen LogP contribution in [-0.2, 0) is 6.54 Å². The van der Waals surface area contributed by atoms with Crippen LogP contribution < -0.4 is 0 Å². The molecule has 2 heterocycles. The molecule has 1 aromatic rings. The van der Waals surface area contributed by atoms with E-state index >= 15 is 0 Å². The zero-order chi connectivity index (χ0) is 14.2. The Kier molecular flexibility index (Phi) is 6.59. The summed E-state index contributed by atoms with van der Waals surface area (Å²) in [7, 11) is 0. The number of hydrogen-bond donors (Lipinski definition) is 1. The smallest absolute Gasteiger partial charge is 0.0540 e. The molecule has 0 aliphatic carbocycles. The van der Waals surface area contributed by atoms with Gasteiger partial charge in [-0.3, -0.25) is 4.90 Å². The van der Waals surface area contributed by atoms with E-state index < -0.39 is 0 Å². The molecule has 1 aromatic heterocycles. The molecule has 0 saturated carbocycles. The van der Waals surface area contributed by atoms with Crippen molar-refractivity contribution in [2.75, 3.05) is 19.7 Å². The first-order valence-corrected chi connectivity index (χ1v) is 8.59. The molecule has 1 unspecified atom stereocenters. The van der Waals surface area contributed by atoms with Gasteiger partial charge in [-0.15, -0.1) is 11.3 Å². The summed E-state index contributed by atoms with van der Waals surface area (Å²) >= 11 is 1.81. The number of rotatable bonds is 4. The molecule has 0 radical (unpaired) electrons. The van der Waals surface area contributed by atoms with E-state index in [2.05, 4.69) is 35.1 Å².